The van der Waals surface area contributed by atoms with E-state index in [9.17, 15) is 13.6 Å². The number of hydrogen-bond donors (Lipinski definition) is 2. The summed E-state index contributed by atoms with van der Waals surface area (Å²) < 4.78 is 33.5. The van der Waals surface area contributed by atoms with E-state index in [1.807, 2.05) is 50.2 Å². The monoisotopic (exact) mass is 579 g/mol. The minimum absolute atomic E-state index is 0. The van der Waals surface area contributed by atoms with Gasteiger partial charge in [0.05, 0.1) is 11.2 Å². The fraction of sp³-hybridized carbons (Fsp3) is 0.303. The number of fused-ring (bicyclic) bond motifs is 1. The topological polar surface area (TPSA) is 79.4 Å². The van der Waals surface area contributed by atoms with Gasteiger partial charge in [0.1, 0.15) is 24.3 Å². The molecule has 7 nitrogen and oxygen atoms in total. The van der Waals surface area contributed by atoms with Crippen LogP contribution >= 0.6 is 0 Å². The van der Waals surface area contributed by atoms with Gasteiger partial charge in [0.15, 0.2) is 0 Å². The predicted octanol–water partition coefficient (Wildman–Crippen LogP) is 8.27. The van der Waals surface area contributed by atoms with E-state index >= 15 is 0 Å². The van der Waals surface area contributed by atoms with E-state index in [1.165, 1.54) is 12.1 Å². The molecular weight excluding hydrogens is 536 g/mol. The molecule has 9 heteroatoms. The third-order valence-electron chi connectivity index (χ3n) is 6.66. The molecule has 0 bridgehead atoms. The Kier molecular flexibility index (Phi) is 11.9. The highest BCUT2D eigenvalue weighted by Crippen LogP contribution is 2.31. The fourth-order valence-electron chi connectivity index (χ4n) is 4.66. The largest absolute Gasteiger partial charge is 0.490 e. The molecule has 0 saturated carbocycles. The van der Waals surface area contributed by atoms with Crippen molar-refractivity contribution < 1.29 is 21.2 Å². The van der Waals surface area contributed by atoms with Crippen molar-refractivity contribution in [3.05, 3.63) is 85.3 Å². The molecule has 1 amide bonds. The molecule has 1 aliphatic heterocycles. The molecule has 3 aromatic carbocycles. The van der Waals surface area contributed by atoms with Crippen molar-refractivity contribution in [3.63, 3.8) is 0 Å². The summed E-state index contributed by atoms with van der Waals surface area (Å²) in [5.41, 5.74) is 3.24. The number of aromatic nitrogens is 2. The second-order valence-corrected chi connectivity index (χ2v) is 9.33. The molecule has 4 aromatic rings. The van der Waals surface area contributed by atoms with E-state index in [0.29, 0.717) is 23.5 Å². The number of anilines is 3. The van der Waals surface area contributed by atoms with E-state index in [1.54, 1.807) is 24.4 Å². The number of rotatable bonds is 9. The molecule has 5 rings (SSSR count). The first-order chi connectivity index (χ1) is 20.0. The highest BCUT2D eigenvalue weighted by molar-refractivity contribution is 6.00. The summed E-state index contributed by atoms with van der Waals surface area (Å²) in [4.78, 5) is 22.8. The summed E-state index contributed by atoms with van der Waals surface area (Å²) in [6, 6.07) is 17.8. The number of benzene rings is 3. The minimum Gasteiger partial charge on any atom is -0.490 e. The third kappa shape index (κ3) is 8.10. The number of carbonyl (C=O) groups excluding carboxylic acids is 1. The highest BCUT2D eigenvalue weighted by atomic mass is 19.1. The van der Waals surface area contributed by atoms with Crippen molar-refractivity contribution in [1.29, 1.82) is 0 Å². The molecule has 226 valence electrons. The normalized spacial score (nSPS) is 13.3. The highest BCUT2D eigenvalue weighted by Gasteiger charge is 2.20. The molecule has 2 heterocycles. The summed E-state index contributed by atoms with van der Waals surface area (Å²) in [6.45, 7) is 9.12. The number of hydrogen-bond acceptors (Lipinski definition) is 6. The lowest BCUT2D eigenvalue weighted by molar-refractivity contribution is -0.111. The summed E-state index contributed by atoms with van der Waals surface area (Å²) in [7, 11) is 0. The van der Waals surface area contributed by atoms with E-state index in [0.717, 1.165) is 42.4 Å². The summed E-state index contributed by atoms with van der Waals surface area (Å²) in [5.74, 6) is -0.0766. The molecule has 0 radical (unpaired) electrons. The van der Waals surface area contributed by atoms with Crippen molar-refractivity contribution in [2.24, 2.45) is 0 Å². The Hall–Kier alpha value is -4.37. The van der Waals surface area contributed by atoms with E-state index in [-0.39, 0.29) is 40.6 Å². The molecule has 42 heavy (non-hydrogen) atoms. The average molecular weight is 580 g/mol. The predicted molar refractivity (Wildman–Crippen MR) is 172 cm³/mol. The molecule has 0 aliphatic carbocycles. The van der Waals surface area contributed by atoms with Crippen LogP contribution in [0.3, 0.4) is 0 Å². The van der Waals surface area contributed by atoms with Gasteiger partial charge in [-0.15, -0.1) is 0 Å². The molecule has 0 unspecified atom stereocenters. The summed E-state index contributed by atoms with van der Waals surface area (Å²) in [6.07, 6.45) is 4.43. The zero-order valence-corrected chi connectivity index (χ0v) is 23.4. The fourth-order valence-corrected chi connectivity index (χ4v) is 4.66. The molecule has 1 aliphatic rings. The van der Waals surface area contributed by atoms with Gasteiger partial charge < -0.3 is 20.3 Å². The number of nitrogens with one attached hydrogen (secondary N) is 2. The van der Waals surface area contributed by atoms with Crippen LogP contribution in [-0.4, -0.2) is 53.2 Å². The maximum absolute atomic E-state index is 15.0. The number of nitrogens with zero attached hydrogens (tertiary/aromatic N) is 3. The lowest BCUT2D eigenvalue weighted by Gasteiger charge is -2.31. The first-order valence-electron chi connectivity index (χ1n) is 13.8. The zero-order valence-electron chi connectivity index (χ0n) is 23.4. The third-order valence-corrected chi connectivity index (χ3v) is 6.66. The lowest BCUT2D eigenvalue weighted by Crippen LogP contribution is -2.39. The molecule has 1 saturated heterocycles. The van der Waals surface area contributed by atoms with E-state index in [2.05, 4.69) is 32.1 Å². The van der Waals surface area contributed by atoms with E-state index < -0.39 is 5.82 Å². The molecule has 2 N–H and O–H groups in total. The first kappa shape index (κ1) is 32.1. The number of amides is 1. The van der Waals surface area contributed by atoms with Gasteiger partial charge in [-0.25, -0.2) is 18.7 Å². The smallest absolute Gasteiger partial charge is 0.247 e. The Morgan fingerprint density at radius 2 is 1.90 bits per heavy atom. The lowest BCUT2D eigenvalue weighted by atomic mass is 10.0. The van der Waals surface area contributed by atoms with Crippen LogP contribution in [0, 0.1) is 5.82 Å². The van der Waals surface area contributed by atoms with Crippen LogP contribution in [0.4, 0.5) is 26.1 Å². The van der Waals surface area contributed by atoms with E-state index in [4.69, 9.17) is 4.74 Å². The van der Waals surface area contributed by atoms with Crippen LogP contribution in [-0.2, 0) is 4.79 Å². The average Bonchev–Trinajstić information content (AvgIpc) is 3.00. The maximum Gasteiger partial charge on any atom is 0.247 e. The van der Waals surface area contributed by atoms with Crippen LogP contribution in [0.1, 0.15) is 37.0 Å². The maximum atomic E-state index is 15.0. The van der Waals surface area contributed by atoms with Gasteiger partial charge in [-0.05, 0) is 48.7 Å². The van der Waals surface area contributed by atoms with Gasteiger partial charge in [0.2, 0.25) is 11.9 Å². The number of piperidine rings is 1. The van der Waals surface area contributed by atoms with Crippen LogP contribution in [0.15, 0.2) is 79.5 Å². The summed E-state index contributed by atoms with van der Waals surface area (Å²) >= 11 is 0. The number of ether oxygens (including phenoxy) is 1. The minimum atomic E-state index is -0.481. The van der Waals surface area contributed by atoms with Crippen LogP contribution in [0.5, 0.6) is 5.75 Å². The van der Waals surface area contributed by atoms with Gasteiger partial charge in [-0.1, -0.05) is 58.2 Å². The second-order valence-electron chi connectivity index (χ2n) is 9.33. The number of alkyl halides is 1. The van der Waals surface area contributed by atoms with Crippen molar-refractivity contribution in [1.82, 2.24) is 14.9 Å². The molecule has 0 spiro atoms. The van der Waals surface area contributed by atoms with Gasteiger partial charge in [-0.2, -0.15) is 0 Å². The Balaban J connectivity index is 0.00000190. The molecular formula is C33H43F2N5O2. The van der Waals surface area contributed by atoms with Gasteiger partial charge in [0.25, 0.3) is 0 Å². The van der Waals surface area contributed by atoms with Crippen LogP contribution < -0.4 is 15.4 Å². The quantitative estimate of drug-likeness (QED) is 0.194. The van der Waals surface area contributed by atoms with Crippen molar-refractivity contribution in [3.8, 4) is 16.9 Å². The Labute approximate surface area is 249 Å². The summed E-state index contributed by atoms with van der Waals surface area (Å²) in [5, 5.41) is 6.56. The molecule has 1 fully saturated rings. The standard InChI is InChI=1S/C30H29F2N5O2.C2H6.CH4.2H2/c1-2-28(38)34-22-7-3-5-20(17-22)25-8-4-6-21-19-33-30(36-29(21)25)35-27-10-9-24(18-26(27)32)39-23-11-14-37(15-12-23)16-13-31;1-2;;;/h2-10,17-19,23H,1,11-16H2,(H,34,38)(H,33,35,36);1-2H3;1H4;2*1H. The van der Waals surface area contributed by atoms with Crippen molar-refractivity contribution in [2.75, 3.05) is 36.9 Å². The Morgan fingerprint density at radius 3 is 2.62 bits per heavy atom. The first-order valence-corrected chi connectivity index (χ1v) is 13.8. The number of halogens is 2. The number of para-hydroxylation sites is 1. The number of likely N-dealkylation sites (tertiary alicyclic amines) is 1. The SMILES string of the molecule is C.C=CC(=O)Nc1cccc(-c2cccc3cnc(Nc4ccc(OC5CCN(CCF)CC5)cc4F)nc23)c1.CC.[HH].[HH]. The van der Waals surface area contributed by atoms with Crippen LogP contribution in [0.25, 0.3) is 22.0 Å². The van der Waals surface area contributed by atoms with Crippen molar-refractivity contribution >= 4 is 34.1 Å². The van der Waals surface area contributed by atoms with Gasteiger partial charge in [0, 0.05) is 51.4 Å². The zero-order chi connectivity index (χ0) is 29.2. The molecule has 0 atom stereocenters. The van der Waals surface area contributed by atoms with Crippen LogP contribution in [0.2, 0.25) is 0 Å². The Bertz CT molecular complexity index is 1500. The van der Waals surface area contributed by atoms with Gasteiger partial charge in [-0.3, -0.25) is 4.79 Å². The van der Waals surface area contributed by atoms with Crippen molar-refractivity contribution in [2.45, 2.75) is 40.2 Å². The number of carbonyl (C=O) groups is 1. The Morgan fingerprint density at radius 1 is 1.14 bits per heavy atom. The second kappa shape index (κ2) is 15.6. The van der Waals surface area contributed by atoms with Gasteiger partial charge >= 0.3 is 0 Å². The molecule has 1 aromatic heterocycles.